The number of aryl methyl sites for hydroxylation is 1. The number of amides is 1. The van der Waals surface area contributed by atoms with Gasteiger partial charge < -0.3 is 5.32 Å². The van der Waals surface area contributed by atoms with E-state index in [1.807, 2.05) is 30.0 Å². The van der Waals surface area contributed by atoms with Crippen LogP contribution in [-0.2, 0) is 21.4 Å². The highest BCUT2D eigenvalue weighted by molar-refractivity contribution is 7.89. The van der Waals surface area contributed by atoms with E-state index in [4.69, 9.17) is 0 Å². The fourth-order valence-electron chi connectivity index (χ4n) is 4.81. The third-order valence-corrected chi connectivity index (χ3v) is 8.71. The highest BCUT2D eigenvalue weighted by Crippen LogP contribution is 2.19. The van der Waals surface area contributed by atoms with Crippen molar-refractivity contribution in [3.05, 3.63) is 65.7 Å². The molecule has 2 aliphatic heterocycles. The standard InChI is InChI=1S/C26H36N4O3S/c1-22-9-11-25(12-10-22)34(32,33)30-16-14-28(15-17-30)21-26(31)27-18-24-8-5-13-29(20-24)19-23-6-3-2-4-7-23/h2-4,6-7,9-12,24H,5,8,13-21H2,1H3,(H,27,31). The lowest BCUT2D eigenvalue weighted by molar-refractivity contribution is -0.122. The summed E-state index contributed by atoms with van der Waals surface area (Å²) in [6, 6.07) is 17.5. The van der Waals surface area contributed by atoms with Gasteiger partial charge in [-0.2, -0.15) is 4.31 Å². The zero-order valence-electron chi connectivity index (χ0n) is 20.0. The summed E-state index contributed by atoms with van der Waals surface area (Å²) in [4.78, 5) is 17.4. The van der Waals surface area contributed by atoms with Crippen molar-refractivity contribution in [3.8, 4) is 0 Å². The van der Waals surface area contributed by atoms with Gasteiger partial charge in [0.1, 0.15) is 0 Å². The molecule has 0 bridgehead atoms. The molecule has 2 heterocycles. The molecule has 0 aliphatic carbocycles. The fraction of sp³-hybridized carbons (Fsp3) is 0.500. The van der Waals surface area contributed by atoms with Gasteiger partial charge in [-0.05, 0) is 49.9 Å². The van der Waals surface area contributed by atoms with E-state index < -0.39 is 10.0 Å². The van der Waals surface area contributed by atoms with Crippen molar-refractivity contribution in [1.29, 1.82) is 0 Å². The van der Waals surface area contributed by atoms with Crippen LogP contribution >= 0.6 is 0 Å². The van der Waals surface area contributed by atoms with E-state index in [9.17, 15) is 13.2 Å². The Morgan fingerprint density at radius 1 is 0.941 bits per heavy atom. The van der Waals surface area contributed by atoms with E-state index in [2.05, 4.69) is 34.5 Å². The molecule has 8 heteroatoms. The lowest BCUT2D eigenvalue weighted by atomic mass is 9.97. The average molecular weight is 485 g/mol. The second-order valence-electron chi connectivity index (χ2n) is 9.53. The molecule has 1 atom stereocenters. The van der Waals surface area contributed by atoms with Gasteiger partial charge in [-0.15, -0.1) is 0 Å². The normalized spacial score (nSPS) is 20.8. The summed E-state index contributed by atoms with van der Waals surface area (Å²) in [5.41, 5.74) is 2.36. The van der Waals surface area contributed by atoms with Crippen LogP contribution in [0.3, 0.4) is 0 Å². The van der Waals surface area contributed by atoms with Crippen LogP contribution in [-0.4, -0.2) is 80.8 Å². The van der Waals surface area contributed by atoms with E-state index >= 15 is 0 Å². The quantitative estimate of drug-likeness (QED) is 0.623. The molecule has 2 aromatic carbocycles. The van der Waals surface area contributed by atoms with Crippen molar-refractivity contribution < 1.29 is 13.2 Å². The summed E-state index contributed by atoms with van der Waals surface area (Å²) >= 11 is 0. The number of rotatable bonds is 8. The molecule has 4 rings (SSSR count). The summed E-state index contributed by atoms with van der Waals surface area (Å²) < 4.78 is 27.3. The first-order valence-corrected chi connectivity index (χ1v) is 13.7. The maximum Gasteiger partial charge on any atom is 0.243 e. The van der Waals surface area contributed by atoms with Crippen molar-refractivity contribution in [3.63, 3.8) is 0 Å². The summed E-state index contributed by atoms with van der Waals surface area (Å²) in [6.45, 7) is 7.96. The monoisotopic (exact) mass is 484 g/mol. The molecule has 2 aliphatic rings. The summed E-state index contributed by atoms with van der Waals surface area (Å²) in [7, 11) is -3.48. The highest BCUT2D eigenvalue weighted by atomic mass is 32.2. The van der Waals surface area contributed by atoms with Crippen LogP contribution in [0.1, 0.15) is 24.0 Å². The highest BCUT2D eigenvalue weighted by Gasteiger charge is 2.29. The van der Waals surface area contributed by atoms with Gasteiger partial charge in [-0.25, -0.2) is 8.42 Å². The molecule has 1 unspecified atom stereocenters. The van der Waals surface area contributed by atoms with Crippen LogP contribution in [0.4, 0.5) is 0 Å². The van der Waals surface area contributed by atoms with Gasteiger partial charge in [-0.1, -0.05) is 48.0 Å². The van der Waals surface area contributed by atoms with Gasteiger partial charge in [0.2, 0.25) is 15.9 Å². The molecule has 1 N–H and O–H groups in total. The Kier molecular flexibility index (Phi) is 8.37. The number of piperidine rings is 1. The van der Waals surface area contributed by atoms with Gasteiger partial charge in [0.25, 0.3) is 0 Å². The Hall–Kier alpha value is -2.26. The number of carbonyl (C=O) groups is 1. The predicted octanol–water partition coefficient (Wildman–Crippen LogP) is 2.33. The number of hydrogen-bond donors (Lipinski definition) is 1. The molecule has 2 saturated heterocycles. The number of carbonyl (C=O) groups excluding carboxylic acids is 1. The van der Waals surface area contributed by atoms with Crippen LogP contribution in [0.15, 0.2) is 59.5 Å². The number of nitrogens with one attached hydrogen (secondary N) is 1. The van der Waals surface area contributed by atoms with Crippen LogP contribution in [0.5, 0.6) is 0 Å². The molecule has 34 heavy (non-hydrogen) atoms. The van der Waals surface area contributed by atoms with Crippen molar-refractivity contribution in [1.82, 2.24) is 19.4 Å². The molecule has 0 radical (unpaired) electrons. The van der Waals surface area contributed by atoms with Gasteiger partial charge in [0, 0.05) is 45.8 Å². The molecular weight excluding hydrogens is 448 g/mol. The Labute approximate surface area is 203 Å². The fourth-order valence-corrected chi connectivity index (χ4v) is 6.23. The number of likely N-dealkylation sites (tertiary alicyclic amines) is 1. The molecule has 0 aromatic heterocycles. The maximum absolute atomic E-state index is 12.9. The average Bonchev–Trinajstić information content (AvgIpc) is 2.84. The summed E-state index contributed by atoms with van der Waals surface area (Å²) in [6.07, 6.45) is 2.30. The van der Waals surface area contributed by atoms with E-state index in [0.717, 1.165) is 38.0 Å². The summed E-state index contributed by atoms with van der Waals surface area (Å²) in [5.74, 6) is 0.493. The second-order valence-corrected chi connectivity index (χ2v) is 11.5. The maximum atomic E-state index is 12.9. The number of nitrogens with zero attached hydrogens (tertiary/aromatic N) is 3. The molecule has 0 saturated carbocycles. The van der Waals surface area contributed by atoms with Crippen molar-refractivity contribution in [2.45, 2.75) is 31.2 Å². The molecular formula is C26H36N4O3S. The number of hydrogen-bond acceptors (Lipinski definition) is 5. The largest absolute Gasteiger partial charge is 0.355 e. The van der Waals surface area contributed by atoms with Crippen molar-refractivity contribution in [2.75, 3.05) is 52.4 Å². The first kappa shape index (κ1) is 24.9. The molecule has 0 spiro atoms. The van der Waals surface area contributed by atoms with Gasteiger partial charge in [0.15, 0.2) is 0 Å². The first-order chi connectivity index (χ1) is 16.4. The zero-order chi connectivity index (χ0) is 24.0. The van der Waals surface area contributed by atoms with E-state index in [0.29, 0.717) is 50.1 Å². The Morgan fingerprint density at radius 3 is 2.35 bits per heavy atom. The number of benzene rings is 2. The lowest BCUT2D eigenvalue weighted by Crippen LogP contribution is -2.51. The van der Waals surface area contributed by atoms with E-state index in [1.54, 1.807) is 12.1 Å². The lowest BCUT2D eigenvalue weighted by Gasteiger charge is -2.34. The summed E-state index contributed by atoms with van der Waals surface area (Å²) in [5, 5.41) is 3.12. The number of sulfonamides is 1. The van der Waals surface area contributed by atoms with E-state index in [1.165, 1.54) is 9.87 Å². The molecule has 7 nitrogen and oxygen atoms in total. The minimum absolute atomic E-state index is 0.0232. The minimum Gasteiger partial charge on any atom is -0.355 e. The Bertz CT molecular complexity index is 1040. The predicted molar refractivity (Wildman–Crippen MR) is 134 cm³/mol. The molecule has 1 amide bonds. The van der Waals surface area contributed by atoms with E-state index in [-0.39, 0.29) is 5.91 Å². The van der Waals surface area contributed by atoms with Gasteiger partial charge >= 0.3 is 0 Å². The van der Waals surface area contributed by atoms with Crippen LogP contribution in [0, 0.1) is 12.8 Å². The molecule has 184 valence electrons. The van der Waals surface area contributed by atoms with Crippen molar-refractivity contribution in [2.24, 2.45) is 5.92 Å². The van der Waals surface area contributed by atoms with Gasteiger partial charge in [-0.3, -0.25) is 14.6 Å². The SMILES string of the molecule is Cc1ccc(S(=O)(=O)N2CCN(CC(=O)NCC3CCCN(Cc4ccccc4)C3)CC2)cc1. The van der Waals surface area contributed by atoms with Crippen molar-refractivity contribution >= 4 is 15.9 Å². The topological polar surface area (TPSA) is 73.0 Å². The Balaban J connectivity index is 1.18. The van der Waals surface area contributed by atoms with Crippen LogP contribution < -0.4 is 5.32 Å². The Morgan fingerprint density at radius 2 is 1.65 bits per heavy atom. The first-order valence-electron chi connectivity index (χ1n) is 12.2. The smallest absolute Gasteiger partial charge is 0.243 e. The third-order valence-electron chi connectivity index (χ3n) is 6.80. The van der Waals surface area contributed by atoms with Crippen LogP contribution in [0.25, 0.3) is 0 Å². The molecule has 2 fully saturated rings. The second kappa shape index (κ2) is 11.4. The molecule has 2 aromatic rings. The number of piperazine rings is 1. The van der Waals surface area contributed by atoms with Crippen LogP contribution in [0.2, 0.25) is 0 Å². The third kappa shape index (κ3) is 6.66. The van der Waals surface area contributed by atoms with Gasteiger partial charge in [0.05, 0.1) is 11.4 Å². The minimum atomic E-state index is -3.48. The zero-order valence-corrected chi connectivity index (χ0v) is 20.8.